The Labute approximate surface area is 90.7 Å². The van der Waals surface area contributed by atoms with E-state index in [1.165, 1.54) is 24.2 Å². The van der Waals surface area contributed by atoms with Crippen LogP contribution in [0.5, 0.6) is 0 Å². The lowest BCUT2D eigenvalue weighted by atomic mass is 10.2. The molecule has 2 atom stereocenters. The van der Waals surface area contributed by atoms with Crippen molar-refractivity contribution in [1.82, 2.24) is 5.32 Å². The fourth-order valence-corrected chi connectivity index (χ4v) is 2.65. The third-order valence-corrected chi connectivity index (χ3v) is 3.45. The highest BCUT2D eigenvalue weighted by Gasteiger charge is 2.30. The maximum Gasteiger partial charge on any atom is 0.321 e. The van der Waals surface area contributed by atoms with Gasteiger partial charge in [-0.25, -0.2) is 0 Å². The van der Waals surface area contributed by atoms with Crippen molar-refractivity contribution < 1.29 is 14.6 Å². The largest absolute Gasteiger partial charge is 0.619 e. The van der Waals surface area contributed by atoms with Gasteiger partial charge in [0.1, 0.15) is 6.04 Å². The number of pyridine rings is 1. The number of aliphatic carboxylic acids is 1. The fraction of sp³-hybridized carbons (Fsp3) is 0.333. The average molecular weight is 226 g/mol. The Balaban J connectivity index is 2.11. The highest BCUT2D eigenvalue weighted by atomic mass is 32.2. The van der Waals surface area contributed by atoms with Crippen LogP contribution >= 0.6 is 11.8 Å². The van der Waals surface area contributed by atoms with Crippen molar-refractivity contribution in [3.05, 3.63) is 35.3 Å². The van der Waals surface area contributed by atoms with Crippen molar-refractivity contribution in [2.45, 2.75) is 11.4 Å². The molecule has 2 rings (SSSR count). The first-order valence-corrected chi connectivity index (χ1v) is 5.51. The van der Waals surface area contributed by atoms with Crippen LogP contribution in [0.25, 0.3) is 0 Å². The summed E-state index contributed by atoms with van der Waals surface area (Å²) in [5.74, 6) is -0.329. The Hall–Kier alpha value is -1.27. The van der Waals surface area contributed by atoms with Crippen LogP contribution in [0.15, 0.2) is 24.5 Å². The lowest BCUT2D eigenvalue weighted by Gasteiger charge is -2.09. The van der Waals surface area contributed by atoms with Crippen LogP contribution in [-0.4, -0.2) is 22.9 Å². The second kappa shape index (κ2) is 4.08. The van der Waals surface area contributed by atoms with Crippen LogP contribution in [0, 0.1) is 5.21 Å². The lowest BCUT2D eigenvalue weighted by molar-refractivity contribution is -0.605. The minimum atomic E-state index is -0.851. The molecule has 80 valence electrons. The molecule has 1 aromatic heterocycles. The molecule has 1 saturated heterocycles. The SMILES string of the molecule is O=C(O)C1CSC(c2ccc[n+]([O-])c2)N1. The van der Waals surface area contributed by atoms with Gasteiger partial charge >= 0.3 is 5.97 Å². The van der Waals surface area contributed by atoms with E-state index in [1.807, 2.05) is 6.07 Å². The summed E-state index contributed by atoms with van der Waals surface area (Å²) in [5, 5.41) is 22.7. The number of rotatable bonds is 2. The highest BCUT2D eigenvalue weighted by Crippen LogP contribution is 2.31. The second-order valence-corrected chi connectivity index (χ2v) is 4.41. The number of aromatic nitrogens is 1. The van der Waals surface area contributed by atoms with E-state index in [0.717, 1.165) is 5.56 Å². The summed E-state index contributed by atoms with van der Waals surface area (Å²) in [7, 11) is 0. The molecule has 0 radical (unpaired) electrons. The average Bonchev–Trinajstić information content (AvgIpc) is 2.66. The normalized spacial score (nSPS) is 25.3. The van der Waals surface area contributed by atoms with Gasteiger partial charge in [-0.15, -0.1) is 11.8 Å². The summed E-state index contributed by atoms with van der Waals surface area (Å²) < 4.78 is 0.714. The number of carboxylic acids is 1. The van der Waals surface area contributed by atoms with Crippen molar-refractivity contribution in [2.24, 2.45) is 0 Å². The zero-order valence-corrected chi connectivity index (χ0v) is 8.61. The Morgan fingerprint density at radius 1 is 1.73 bits per heavy atom. The number of nitrogens with zero attached hydrogens (tertiary/aromatic N) is 1. The third kappa shape index (κ3) is 2.21. The van der Waals surface area contributed by atoms with E-state index < -0.39 is 12.0 Å². The van der Waals surface area contributed by atoms with Crippen molar-refractivity contribution >= 4 is 17.7 Å². The smallest absolute Gasteiger partial charge is 0.321 e. The Bertz CT molecular complexity index is 385. The lowest BCUT2D eigenvalue weighted by Crippen LogP contribution is -2.34. The molecule has 2 N–H and O–H groups in total. The molecule has 5 nitrogen and oxygen atoms in total. The van der Waals surface area contributed by atoms with Gasteiger partial charge in [-0.3, -0.25) is 10.1 Å². The number of carbonyl (C=O) groups is 1. The Morgan fingerprint density at radius 2 is 2.53 bits per heavy atom. The van der Waals surface area contributed by atoms with Gasteiger partial charge in [-0.2, -0.15) is 4.73 Å². The molecule has 15 heavy (non-hydrogen) atoms. The molecule has 0 aliphatic carbocycles. The Morgan fingerprint density at radius 3 is 3.13 bits per heavy atom. The van der Waals surface area contributed by atoms with Gasteiger partial charge in [0.05, 0.1) is 5.37 Å². The zero-order valence-electron chi connectivity index (χ0n) is 7.79. The quantitative estimate of drug-likeness (QED) is 0.553. The zero-order chi connectivity index (χ0) is 10.8. The van der Waals surface area contributed by atoms with Crippen LogP contribution in [0.3, 0.4) is 0 Å². The van der Waals surface area contributed by atoms with Gasteiger partial charge in [0.15, 0.2) is 12.4 Å². The molecule has 0 spiro atoms. The molecule has 0 amide bonds. The summed E-state index contributed by atoms with van der Waals surface area (Å²) in [6.45, 7) is 0. The fourth-order valence-electron chi connectivity index (χ4n) is 1.43. The molecule has 0 aromatic carbocycles. The third-order valence-electron chi connectivity index (χ3n) is 2.18. The summed E-state index contributed by atoms with van der Waals surface area (Å²) in [5.41, 5.74) is 0.807. The minimum Gasteiger partial charge on any atom is -0.619 e. The molecule has 2 heterocycles. The van der Waals surface area contributed by atoms with Gasteiger partial charge in [-0.1, -0.05) is 0 Å². The maximum atomic E-state index is 11.0. The van der Waals surface area contributed by atoms with Gasteiger partial charge in [-0.05, 0) is 6.07 Å². The maximum absolute atomic E-state index is 11.0. The summed E-state index contributed by atoms with van der Waals surface area (Å²) in [6.07, 6.45) is 2.85. The standard InChI is InChI=1S/C9H10N2O3S/c12-9(13)7-5-15-8(10-7)6-2-1-3-11(14)4-6/h1-4,7-8,10H,5H2,(H,12,13). The molecule has 6 heteroatoms. The first-order valence-electron chi connectivity index (χ1n) is 4.46. The molecule has 1 aliphatic rings. The molecule has 2 unspecified atom stereocenters. The number of carboxylic acid groups (broad SMARTS) is 1. The van der Waals surface area contributed by atoms with Crippen molar-refractivity contribution in [3.8, 4) is 0 Å². The minimum absolute atomic E-state index is 0.104. The number of hydrogen-bond donors (Lipinski definition) is 2. The summed E-state index contributed by atoms with van der Waals surface area (Å²) in [4.78, 5) is 10.7. The van der Waals surface area contributed by atoms with Gasteiger partial charge in [0, 0.05) is 17.4 Å². The predicted octanol–water partition coefficient (Wildman–Crippen LogP) is 0.108. The Kier molecular flexibility index (Phi) is 2.79. The molecular weight excluding hydrogens is 216 g/mol. The van der Waals surface area contributed by atoms with Gasteiger partial charge in [0.2, 0.25) is 0 Å². The molecular formula is C9H10N2O3S. The molecule has 0 saturated carbocycles. The number of hydrogen-bond acceptors (Lipinski definition) is 4. The van der Waals surface area contributed by atoms with E-state index in [2.05, 4.69) is 5.32 Å². The van der Waals surface area contributed by atoms with Crippen LogP contribution < -0.4 is 10.0 Å². The second-order valence-electron chi connectivity index (χ2n) is 3.27. The molecule has 1 fully saturated rings. The first kappa shape index (κ1) is 10.3. The summed E-state index contributed by atoms with van der Waals surface area (Å²) >= 11 is 1.50. The van der Waals surface area contributed by atoms with E-state index in [1.54, 1.807) is 6.07 Å². The van der Waals surface area contributed by atoms with E-state index in [9.17, 15) is 10.0 Å². The van der Waals surface area contributed by atoms with Crippen LogP contribution in [-0.2, 0) is 4.79 Å². The molecule has 0 bridgehead atoms. The van der Waals surface area contributed by atoms with E-state index >= 15 is 0 Å². The van der Waals surface area contributed by atoms with Crippen LogP contribution in [0.2, 0.25) is 0 Å². The summed E-state index contributed by atoms with van der Waals surface area (Å²) in [6, 6.07) is 2.93. The van der Waals surface area contributed by atoms with Crippen molar-refractivity contribution in [3.63, 3.8) is 0 Å². The van der Waals surface area contributed by atoms with E-state index in [4.69, 9.17) is 5.11 Å². The monoisotopic (exact) mass is 226 g/mol. The van der Waals surface area contributed by atoms with Crippen molar-refractivity contribution in [1.29, 1.82) is 0 Å². The highest BCUT2D eigenvalue weighted by molar-refractivity contribution is 7.99. The van der Waals surface area contributed by atoms with Crippen LogP contribution in [0.4, 0.5) is 0 Å². The van der Waals surface area contributed by atoms with Crippen LogP contribution in [0.1, 0.15) is 10.9 Å². The molecule has 1 aromatic rings. The number of nitrogens with one attached hydrogen (secondary N) is 1. The van der Waals surface area contributed by atoms with E-state index in [0.29, 0.717) is 10.5 Å². The number of thioether (sulfide) groups is 1. The topological polar surface area (TPSA) is 76.3 Å². The first-order chi connectivity index (χ1) is 7.16. The van der Waals surface area contributed by atoms with Gasteiger partial charge in [0.25, 0.3) is 0 Å². The predicted molar refractivity (Wildman–Crippen MR) is 55.2 cm³/mol. The van der Waals surface area contributed by atoms with Crippen molar-refractivity contribution in [2.75, 3.05) is 5.75 Å². The van der Waals surface area contributed by atoms with E-state index in [-0.39, 0.29) is 5.37 Å². The molecule has 1 aliphatic heterocycles. The van der Waals surface area contributed by atoms with Gasteiger partial charge < -0.3 is 10.3 Å².